The Kier molecular flexibility index (Phi) is 6.96. The number of hydrazone groups is 1. The molecule has 152 valence electrons. The van der Waals surface area contributed by atoms with E-state index in [0.717, 1.165) is 0 Å². The zero-order valence-corrected chi connectivity index (χ0v) is 16.3. The van der Waals surface area contributed by atoms with Crippen LogP contribution in [0.4, 0.5) is 0 Å². The fraction of sp³-hybridized carbons (Fsp3) is 0.0476. The third-order valence-corrected chi connectivity index (χ3v) is 4.07. The van der Waals surface area contributed by atoms with Gasteiger partial charge in [-0.1, -0.05) is 23.7 Å². The lowest BCUT2D eigenvalue weighted by Crippen LogP contribution is -2.34. The first-order valence-electron chi connectivity index (χ1n) is 8.73. The number of amides is 2. The summed E-state index contributed by atoms with van der Waals surface area (Å²) in [4.78, 5) is 35.5. The molecule has 0 atom stereocenters. The fourth-order valence-corrected chi connectivity index (χ4v) is 2.50. The third kappa shape index (κ3) is 5.79. The van der Waals surface area contributed by atoms with Gasteiger partial charge >= 0.3 is 5.97 Å². The van der Waals surface area contributed by atoms with Crippen molar-refractivity contribution in [2.45, 2.75) is 0 Å². The molecule has 0 aliphatic carbocycles. The number of carbonyl (C=O) groups excluding carboxylic acids is 3. The predicted molar refractivity (Wildman–Crippen MR) is 110 cm³/mol. The highest BCUT2D eigenvalue weighted by Gasteiger charge is 2.12. The number of ether oxygens (including phenoxy) is 1. The van der Waals surface area contributed by atoms with E-state index in [1.54, 1.807) is 54.6 Å². The summed E-state index contributed by atoms with van der Waals surface area (Å²) in [5.41, 5.74) is 3.22. The van der Waals surface area contributed by atoms with Crippen molar-refractivity contribution in [3.8, 4) is 5.75 Å². The molecule has 0 unspecified atom stereocenters. The van der Waals surface area contributed by atoms with Crippen molar-refractivity contribution in [2.24, 2.45) is 5.10 Å². The minimum absolute atomic E-state index is 0.113. The van der Waals surface area contributed by atoms with Gasteiger partial charge in [-0.3, -0.25) is 9.59 Å². The fourth-order valence-electron chi connectivity index (χ4n) is 2.28. The Balaban J connectivity index is 1.46. The molecule has 0 bridgehead atoms. The van der Waals surface area contributed by atoms with Gasteiger partial charge in [0.05, 0.1) is 29.6 Å². The van der Waals surface area contributed by atoms with Crippen molar-refractivity contribution in [2.75, 3.05) is 6.54 Å². The number of rotatable bonds is 7. The first-order chi connectivity index (χ1) is 14.5. The number of halogens is 1. The van der Waals surface area contributed by atoms with Gasteiger partial charge in [-0.05, 0) is 54.1 Å². The van der Waals surface area contributed by atoms with Crippen LogP contribution in [0.15, 0.2) is 76.4 Å². The number of hydrogen-bond acceptors (Lipinski definition) is 6. The third-order valence-electron chi connectivity index (χ3n) is 3.74. The summed E-state index contributed by atoms with van der Waals surface area (Å²) in [7, 11) is 0. The first-order valence-corrected chi connectivity index (χ1v) is 9.11. The quantitative estimate of drug-likeness (QED) is 0.261. The van der Waals surface area contributed by atoms with Crippen molar-refractivity contribution in [1.82, 2.24) is 10.7 Å². The Labute approximate surface area is 176 Å². The summed E-state index contributed by atoms with van der Waals surface area (Å²) in [6, 6.07) is 16.1. The average molecular weight is 426 g/mol. The number of benzene rings is 2. The van der Waals surface area contributed by atoms with E-state index in [1.807, 2.05) is 0 Å². The maximum absolute atomic E-state index is 12.1. The Morgan fingerprint density at radius 2 is 1.80 bits per heavy atom. The van der Waals surface area contributed by atoms with Crippen molar-refractivity contribution >= 4 is 35.6 Å². The van der Waals surface area contributed by atoms with Gasteiger partial charge in [0.1, 0.15) is 5.75 Å². The molecule has 0 aliphatic heterocycles. The molecule has 0 spiro atoms. The number of furan rings is 1. The first kappa shape index (κ1) is 20.8. The van der Waals surface area contributed by atoms with E-state index in [2.05, 4.69) is 15.8 Å². The molecule has 3 rings (SSSR count). The van der Waals surface area contributed by atoms with E-state index in [9.17, 15) is 14.4 Å². The zero-order valence-electron chi connectivity index (χ0n) is 15.5. The van der Waals surface area contributed by atoms with E-state index in [4.69, 9.17) is 20.8 Å². The minimum atomic E-state index is -0.564. The van der Waals surface area contributed by atoms with Crippen LogP contribution in [0.1, 0.15) is 26.5 Å². The molecule has 0 aliphatic rings. The smallest absolute Gasteiger partial charge is 0.345 e. The molecule has 0 saturated carbocycles. The van der Waals surface area contributed by atoms with Gasteiger partial charge in [0.25, 0.3) is 11.8 Å². The van der Waals surface area contributed by atoms with Crippen LogP contribution in [0.25, 0.3) is 0 Å². The van der Waals surface area contributed by atoms with Gasteiger partial charge < -0.3 is 14.5 Å². The second kappa shape index (κ2) is 10.0. The van der Waals surface area contributed by atoms with Gasteiger partial charge in [0.15, 0.2) is 5.76 Å². The summed E-state index contributed by atoms with van der Waals surface area (Å²) in [6.07, 6.45) is 2.77. The Morgan fingerprint density at radius 1 is 1.03 bits per heavy atom. The van der Waals surface area contributed by atoms with Gasteiger partial charge in [-0.2, -0.15) is 5.10 Å². The number of nitrogens with zero attached hydrogens (tertiary/aromatic N) is 1. The lowest BCUT2D eigenvalue weighted by atomic mass is 10.2. The summed E-state index contributed by atoms with van der Waals surface area (Å²) >= 11 is 5.98. The molecular weight excluding hydrogens is 410 g/mol. The van der Waals surface area contributed by atoms with Crippen LogP contribution in [0.5, 0.6) is 5.75 Å². The summed E-state index contributed by atoms with van der Waals surface area (Å²) < 4.78 is 10.2. The number of carbonyl (C=O) groups is 3. The molecular formula is C21H16ClN3O5. The lowest BCUT2D eigenvalue weighted by Gasteiger charge is -2.06. The van der Waals surface area contributed by atoms with E-state index >= 15 is 0 Å². The maximum Gasteiger partial charge on any atom is 0.345 e. The van der Waals surface area contributed by atoms with Gasteiger partial charge in [0, 0.05) is 0 Å². The summed E-state index contributed by atoms with van der Waals surface area (Å²) in [5.74, 6) is -1.12. The molecule has 2 amide bonds. The second-order valence-corrected chi connectivity index (χ2v) is 6.30. The monoisotopic (exact) mass is 425 g/mol. The molecule has 0 saturated heterocycles. The molecule has 1 aromatic heterocycles. The van der Waals surface area contributed by atoms with E-state index < -0.39 is 17.8 Å². The molecule has 3 aromatic rings. The van der Waals surface area contributed by atoms with Crippen LogP contribution < -0.4 is 15.5 Å². The van der Waals surface area contributed by atoms with Gasteiger partial charge in [-0.25, -0.2) is 10.2 Å². The largest absolute Gasteiger partial charge is 0.459 e. The van der Waals surface area contributed by atoms with E-state index in [1.165, 1.54) is 18.5 Å². The molecule has 0 fully saturated rings. The highest BCUT2D eigenvalue weighted by molar-refractivity contribution is 6.33. The highest BCUT2D eigenvalue weighted by Crippen LogP contribution is 2.18. The zero-order chi connectivity index (χ0) is 21.3. The highest BCUT2D eigenvalue weighted by atomic mass is 35.5. The van der Waals surface area contributed by atoms with E-state index in [-0.39, 0.29) is 17.9 Å². The standard InChI is InChI=1S/C21H16ClN3O5/c22-17-5-2-1-4-16(17)21(28)30-15-9-7-14(8-10-15)12-24-25-19(26)13-23-20(27)18-6-3-11-29-18/h1-12H,13H2,(H,23,27)(H,25,26). The number of esters is 1. The van der Waals surface area contributed by atoms with Crippen LogP contribution in [-0.4, -0.2) is 30.5 Å². The topological polar surface area (TPSA) is 110 Å². The molecule has 2 aromatic carbocycles. The molecule has 8 nitrogen and oxygen atoms in total. The SMILES string of the molecule is O=C(CNC(=O)c1ccco1)NN=Cc1ccc(OC(=O)c2ccccc2Cl)cc1. The van der Waals surface area contributed by atoms with Crippen LogP contribution in [0.3, 0.4) is 0 Å². The lowest BCUT2D eigenvalue weighted by molar-refractivity contribution is -0.120. The van der Waals surface area contributed by atoms with Gasteiger partial charge in [-0.15, -0.1) is 0 Å². The predicted octanol–water partition coefficient (Wildman–Crippen LogP) is 3.03. The molecule has 0 radical (unpaired) electrons. The molecule has 1 heterocycles. The Bertz CT molecular complexity index is 1060. The van der Waals surface area contributed by atoms with E-state index in [0.29, 0.717) is 16.3 Å². The van der Waals surface area contributed by atoms with Crippen molar-refractivity contribution in [3.63, 3.8) is 0 Å². The van der Waals surface area contributed by atoms with Crippen LogP contribution in [-0.2, 0) is 4.79 Å². The van der Waals surface area contributed by atoms with Crippen molar-refractivity contribution in [3.05, 3.63) is 88.8 Å². The van der Waals surface area contributed by atoms with Crippen LogP contribution in [0.2, 0.25) is 5.02 Å². The number of hydrogen-bond donors (Lipinski definition) is 2. The van der Waals surface area contributed by atoms with Crippen LogP contribution >= 0.6 is 11.6 Å². The van der Waals surface area contributed by atoms with Gasteiger partial charge in [0.2, 0.25) is 0 Å². The minimum Gasteiger partial charge on any atom is -0.459 e. The molecule has 2 N–H and O–H groups in total. The van der Waals surface area contributed by atoms with Crippen LogP contribution in [0, 0.1) is 0 Å². The normalized spacial score (nSPS) is 10.6. The maximum atomic E-state index is 12.1. The van der Waals surface area contributed by atoms with Crippen molar-refractivity contribution < 1.29 is 23.5 Å². The Morgan fingerprint density at radius 3 is 2.50 bits per heavy atom. The molecule has 30 heavy (non-hydrogen) atoms. The average Bonchev–Trinajstić information content (AvgIpc) is 3.28. The number of nitrogens with one attached hydrogen (secondary N) is 2. The summed E-state index contributed by atoms with van der Waals surface area (Å²) in [6.45, 7) is -0.256. The molecule has 9 heteroatoms. The summed E-state index contributed by atoms with van der Waals surface area (Å²) in [5, 5.41) is 6.52. The van der Waals surface area contributed by atoms with Crippen molar-refractivity contribution in [1.29, 1.82) is 0 Å². The second-order valence-electron chi connectivity index (χ2n) is 5.89. The Hall–Kier alpha value is -3.91.